The first-order chi connectivity index (χ1) is 6.21. The molecule has 1 aromatic rings. The van der Waals surface area contributed by atoms with Crippen LogP contribution in [0.3, 0.4) is 0 Å². The third-order valence-electron chi connectivity index (χ3n) is 2.19. The Morgan fingerprint density at radius 2 is 1.14 bits per heavy atom. The average Bonchev–Trinajstić information content (AvgIpc) is 2.01. The zero-order valence-electron chi connectivity index (χ0n) is 10.1. The van der Waals surface area contributed by atoms with E-state index in [9.17, 15) is 0 Å². The second-order valence-corrected chi connectivity index (χ2v) is 5.86. The fraction of sp³-hybridized carbons (Fsp3) is 0.615. The summed E-state index contributed by atoms with van der Waals surface area (Å²) in [6, 6.07) is 6.18. The van der Waals surface area contributed by atoms with Gasteiger partial charge in [-0.25, -0.2) is 4.42 Å². The number of rotatable bonds is 0. The van der Waals surface area contributed by atoms with Crippen molar-refractivity contribution in [2.24, 2.45) is 0 Å². The Kier molecular flexibility index (Phi) is 2.71. The van der Waals surface area contributed by atoms with Gasteiger partial charge in [0.1, 0.15) is 0 Å². The van der Waals surface area contributed by atoms with E-state index < -0.39 is 0 Å². The lowest BCUT2D eigenvalue weighted by atomic mass is 9.90. The predicted octanol–water partition coefficient (Wildman–Crippen LogP) is 4.16. The van der Waals surface area contributed by atoms with Crippen molar-refractivity contribution in [2.75, 3.05) is 0 Å². The van der Waals surface area contributed by atoms with Crippen LogP contribution < -0.4 is 0 Å². The molecule has 0 aliphatic heterocycles. The monoisotopic (exact) mass is 193 g/mol. The van der Waals surface area contributed by atoms with Crippen LogP contribution >= 0.6 is 0 Å². The summed E-state index contributed by atoms with van der Waals surface area (Å²) in [5.74, 6) is 2.09. The van der Waals surface area contributed by atoms with Crippen molar-refractivity contribution in [3.8, 4) is 0 Å². The molecule has 0 aromatic carbocycles. The average molecular weight is 193 g/mol. The third kappa shape index (κ3) is 2.57. The molecule has 1 heteroatoms. The van der Waals surface area contributed by atoms with Crippen LogP contribution in [0.1, 0.15) is 53.1 Å². The third-order valence-corrected chi connectivity index (χ3v) is 2.19. The van der Waals surface area contributed by atoms with E-state index in [0.717, 1.165) is 11.5 Å². The summed E-state index contributed by atoms with van der Waals surface area (Å²) in [5, 5.41) is 0. The van der Waals surface area contributed by atoms with Gasteiger partial charge in [0.05, 0.1) is 10.8 Å². The first-order valence-electron chi connectivity index (χ1n) is 5.15. The number of hydrogen-bond donors (Lipinski definition) is 0. The molecule has 0 saturated heterocycles. The van der Waals surface area contributed by atoms with E-state index in [0.29, 0.717) is 0 Å². The van der Waals surface area contributed by atoms with Crippen molar-refractivity contribution >= 4 is 0 Å². The molecule has 0 radical (unpaired) electrons. The van der Waals surface area contributed by atoms with E-state index in [-0.39, 0.29) is 10.8 Å². The van der Waals surface area contributed by atoms with Crippen molar-refractivity contribution in [2.45, 2.75) is 52.4 Å². The Hall–Kier alpha value is -0.850. The molecule has 0 aliphatic rings. The maximum atomic E-state index is 5.91. The van der Waals surface area contributed by atoms with Crippen LogP contribution in [0.5, 0.6) is 0 Å². The lowest BCUT2D eigenvalue weighted by Gasteiger charge is -2.12. The molecule has 0 bridgehead atoms. The topological polar surface area (TPSA) is 11.3 Å². The molecule has 1 rings (SSSR count). The molecule has 0 unspecified atom stereocenters. The molecular weight excluding hydrogens is 172 g/mol. The molecule has 1 aromatic heterocycles. The summed E-state index contributed by atoms with van der Waals surface area (Å²) in [5.41, 5.74) is 0.169. The molecule has 0 fully saturated rings. The van der Waals surface area contributed by atoms with Crippen LogP contribution in [0.2, 0.25) is 0 Å². The lowest BCUT2D eigenvalue weighted by molar-refractivity contribution is 0.329. The minimum Gasteiger partial charge on any atom is -0.217 e. The van der Waals surface area contributed by atoms with Gasteiger partial charge >= 0.3 is 11.5 Å². The quantitative estimate of drug-likeness (QED) is 0.563. The largest absolute Gasteiger partial charge is 0.334 e. The van der Waals surface area contributed by atoms with Crippen LogP contribution in [0.4, 0.5) is 0 Å². The first-order valence-corrected chi connectivity index (χ1v) is 5.15. The van der Waals surface area contributed by atoms with Gasteiger partial charge in [-0.15, -0.1) is 0 Å². The molecule has 0 spiro atoms. The Bertz CT molecular complexity index is 283. The van der Waals surface area contributed by atoms with Gasteiger partial charge in [-0.05, 0) is 47.6 Å². The fourth-order valence-corrected chi connectivity index (χ4v) is 1.22. The predicted molar refractivity (Wildman–Crippen MR) is 60.5 cm³/mol. The molecule has 0 amide bonds. The summed E-state index contributed by atoms with van der Waals surface area (Å²) in [7, 11) is 0. The van der Waals surface area contributed by atoms with Gasteiger partial charge in [0.2, 0.25) is 0 Å². The minimum atomic E-state index is 0.0846. The van der Waals surface area contributed by atoms with Gasteiger partial charge in [-0.3, -0.25) is 0 Å². The lowest BCUT2D eigenvalue weighted by Crippen LogP contribution is -2.15. The summed E-state index contributed by atoms with van der Waals surface area (Å²) < 4.78 is 5.91. The highest BCUT2D eigenvalue weighted by Crippen LogP contribution is 2.28. The van der Waals surface area contributed by atoms with Crippen molar-refractivity contribution < 1.29 is 4.42 Å². The van der Waals surface area contributed by atoms with Crippen molar-refractivity contribution in [3.05, 3.63) is 29.7 Å². The number of hydrogen-bond acceptors (Lipinski definition) is 0. The van der Waals surface area contributed by atoms with Crippen LogP contribution in [0.15, 0.2) is 22.6 Å². The van der Waals surface area contributed by atoms with E-state index in [2.05, 4.69) is 59.7 Å². The van der Waals surface area contributed by atoms with Crippen molar-refractivity contribution in [1.82, 2.24) is 0 Å². The fourth-order valence-electron chi connectivity index (χ4n) is 1.22. The Balaban J connectivity index is 3.15. The Morgan fingerprint density at radius 3 is 1.43 bits per heavy atom. The SMILES string of the molecule is CC(C)(C)c1cccc(C(C)(C)C)[o+]1. The van der Waals surface area contributed by atoms with Gasteiger partial charge in [0.15, 0.2) is 0 Å². The van der Waals surface area contributed by atoms with E-state index in [1.165, 1.54) is 0 Å². The molecule has 1 nitrogen and oxygen atoms in total. The molecule has 0 atom stereocenters. The minimum absolute atomic E-state index is 0.0846. The van der Waals surface area contributed by atoms with Gasteiger partial charge in [0.25, 0.3) is 0 Å². The highest BCUT2D eigenvalue weighted by atomic mass is 16.3. The highest BCUT2D eigenvalue weighted by Gasteiger charge is 2.31. The highest BCUT2D eigenvalue weighted by molar-refractivity contribution is 5.16. The molecule has 0 aliphatic carbocycles. The van der Waals surface area contributed by atoms with Crippen molar-refractivity contribution in [1.29, 1.82) is 0 Å². The van der Waals surface area contributed by atoms with Gasteiger partial charge < -0.3 is 0 Å². The van der Waals surface area contributed by atoms with Gasteiger partial charge in [0, 0.05) is 12.1 Å². The van der Waals surface area contributed by atoms with Crippen LogP contribution in [0.25, 0.3) is 0 Å². The molecule has 0 saturated carbocycles. The van der Waals surface area contributed by atoms with Crippen LogP contribution in [0, 0.1) is 0 Å². The smallest absolute Gasteiger partial charge is 0.217 e. The normalized spacial score (nSPS) is 13.0. The Labute approximate surface area is 87.2 Å². The standard InChI is InChI=1S/C13H21O/c1-12(2,3)10-8-7-9-11(14-10)13(4,5)6/h7-9H,1-6H3/q+1. The molecule has 0 N–H and O–H groups in total. The zero-order chi connectivity index (χ0) is 11.0. The second-order valence-electron chi connectivity index (χ2n) is 5.86. The van der Waals surface area contributed by atoms with Crippen LogP contribution in [-0.4, -0.2) is 0 Å². The second kappa shape index (κ2) is 3.38. The van der Waals surface area contributed by atoms with Gasteiger partial charge in [-0.2, -0.15) is 0 Å². The Morgan fingerprint density at radius 1 is 0.786 bits per heavy atom. The zero-order valence-corrected chi connectivity index (χ0v) is 10.1. The maximum absolute atomic E-state index is 5.91. The summed E-state index contributed by atoms with van der Waals surface area (Å²) >= 11 is 0. The molecule has 78 valence electrons. The van der Waals surface area contributed by atoms with E-state index in [1.807, 2.05) is 0 Å². The molecule has 14 heavy (non-hydrogen) atoms. The summed E-state index contributed by atoms with van der Waals surface area (Å²) in [6.45, 7) is 13.0. The molecule has 1 heterocycles. The first kappa shape index (κ1) is 11.2. The summed E-state index contributed by atoms with van der Waals surface area (Å²) in [6.07, 6.45) is 0. The van der Waals surface area contributed by atoms with Crippen LogP contribution in [-0.2, 0) is 10.8 Å². The van der Waals surface area contributed by atoms with Gasteiger partial charge in [-0.1, -0.05) is 0 Å². The van der Waals surface area contributed by atoms with E-state index >= 15 is 0 Å². The van der Waals surface area contributed by atoms with Crippen molar-refractivity contribution in [3.63, 3.8) is 0 Å². The van der Waals surface area contributed by atoms with E-state index in [4.69, 9.17) is 4.42 Å². The van der Waals surface area contributed by atoms with E-state index in [1.54, 1.807) is 0 Å². The molecular formula is C13H21O+. The summed E-state index contributed by atoms with van der Waals surface area (Å²) in [4.78, 5) is 0. The maximum Gasteiger partial charge on any atom is 0.334 e.